The van der Waals surface area contributed by atoms with Crippen LogP contribution in [0.5, 0.6) is 0 Å². The average Bonchev–Trinajstić information content (AvgIpc) is 2.62. The fourth-order valence-electron chi connectivity index (χ4n) is 2.14. The van der Waals surface area contributed by atoms with E-state index in [1.165, 1.54) is 5.56 Å². The standard InChI is InChI=1S/C13H17NO/c1-2-12-8-9-14(13(12)15)10-11-6-4-3-5-7-11/h3-7,12H,2,8-10H2,1H3. The third-order valence-electron chi connectivity index (χ3n) is 3.12. The maximum absolute atomic E-state index is 11.9. The van der Waals surface area contributed by atoms with Crippen LogP contribution in [0.15, 0.2) is 30.3 Å². The highest BCUT2D eigenvalue weighted by Crippen LogP contribution is 2.22. The number of carbonyl (C=O) groups is 1. The molecule has 1 heterocycles. The summed E-state index contributed by atoms with van der Waals surface area (Å²) in [6.07, 6.45) is 2.01. The predicted molar refractivity (Wildman–Crippen MR) is 60.3 cm³/mol. The summed E-state index contributed by atoms with van der Waals surface area (Å²) in [6.45, 7) is 3.79. The lowest BCUT2D eigenvalue weighted by atomic mass is 10.1. The number of rotatable bonds is 3. The molecule has 1 aromatic carbocycles. The summed E-state index contributed by atoms with van der Waals surface area (Å²) in [6, 6.07) is 10.2. The molecule has 15 heavy (non-hydrogen) atoms. The molecule has 0 saturated carbocycles. The molecule has 0 N–H and O–H groups in total. The lowest BCUT2D eigenvalue weighted by molar-refractivity contribution is -0.131. The van der Waals surface area contributed by atoms with Crippen LogP contribution in [-0.4, -0.2) is 17.4 Å². The van der Waals surface area contributed by atoms with Gasteiger partial charge in [0, 0.05) is 19.0 Å². The molecule has 0 spiro atoms. The first-order valence-corrected chi connectivity index (χ1v) is 5.64. The number of amides is 1. The van der Waals surface area contributed by atoms with E-state index in [0.29, 0.717) is 5.91 Å². The fraction of sp³-hybridized carbons (Fsp3) is 0.462. The van der Waals surface area contributed by atoms with Gasteiger partial charge in [-0.2, -0.15) is 0 Å². The van der Waals surface area contributed by atoms with Crippen molar-refractivity contribution < 1.29 is 4.79 Å². The molecule has 2 nitrogen and oxygen atoms in total. The maximum Gasteiger partial charge on any atom is 0.226 e. The Kier molecular flexibility index (Phi) is 3.05. The van der Waals surface area contributed by atoms with Gasteiger partial charge in [-0.1, -0.05) is 37.3 Å². The van der Waals surface area contributed by atoms with Gasteiger partial charge in [0.15, 0.2) is 0 Å². The van der Waals surface area contributed by atoms with Gasteiger partial charge in [0.2, 0.25) is 5.91 Å². The van der Waals surface area contributed by atoms with Crippen molar-refractivity contribution in [3.8, 4) is 0 Å². The van der Waals surface area contributed by atoms with Gasteiger partial charge in [0.1, 0.15) is 0 Å². The zero-order valence-electron chi connectivity index (χ0n) is 9.15. The molecule has 0 aliphatic carbocycles. The van der Waals surface area contributed by atoms with Gasteiger partial charge in [0.25, 0.3) is 0 Å². The van der Waals surface area contributed by atoms with E-state index in [-0.39, 0.29) is 5.92 Å². The molecular formula is C13H17NO. The summed E-state index contributed by atoms with van der Waals surface area (Å²) in [5, 5.41) is 0. The zero-order valence-corrected chi connectivity index (χ0v) is 9.15. The molecule has 1 atom stereocenters. The van der Waals surface area contributed by atoms with Gasteiger partial charge in [-0.3, -0.25) is 4.79 Å². The summed E-state index contributed by atoms with van der Waals surface area (Å²) in [5.74, 6) is 0.607. The van der Waals surface area contributed by atoms with Crippen molar-refractivity contribution in [3.63, 3.8) is 0 Å². The third-order valence-corrected chi connectivity index (χ3v) is 3.12. The zero-order chi connectivity index (χ0) is 10.7. The van der Waals surface area contributed by atoms with Crippen molar-refractivity contribution >= 4 is 5.91 Å². The fourth-order valence-corrected chi connectivity index (χ4v) is 2.14. The Balaban J connectivity index is 2.00. The van der Waals surface area contributed by atoms with E-state index in [1.807, 2.05) is 23.1 Å². The molecule has 0 aromatic heterocycles. The minimum atomic E-state index is 0.272. The van der Waals surface area contributed by atoms with Crippen LogP contribution in [0, 0.1) is 5.92 Å². The van der Waals surface area contributed by atoms with Crippen LogP contribution < -0.4 is 0 Å². The molecule has 1 unspecified atom stereocenters. The van der Waals surface area contributed by atoms with E-state index in [1.54, 1.807) is 0 Å². The summed E-state index contributed by atoms with van der Waals surface area (Å²) in [5.41, 5.74) is 1.22. The monoisotopic (exact) mass is 203 g/mol. The molecule has 1 aromatic rings. The number of carbonyl (C=O) groups excluding carboxylic acids is 1. The topological polar surface area (TPSA) is 20.3 Å². The van der Waals surface area contributed by atoms with E-state index >= 15 is 0 Å². The molecule has 1 saturated heterocycles. The summed E-state index contributed by atoms with van der Waals surface area (Å²) < 4.78 is 0. The van der Waals surface area contributed by atoms with Crippen molar-refractivity contribution in [1.29, 1.82) is 0 Å². The van der Waals surface area contributed by atoms with Gasteiger partial charge < -0.3 is 4.90 Å². The number of nitrogens with zero attached hydrogens (tertiary/aromatic N) is 1. The molecular weight excluding hydrogens is 186 g/mol. The molecule has 1 fully saturated rings. The Labute approximate surface area is 90.9 Å². The number of benzene rings is 1. The van der Waals surface area contributed by atoms with Crippen LogP contribution >= 0.6 is 0 Å². The van der Waals surface area contributed by atoms with Crippen molar-refractivity contribution in [2.45, 2.75) is 26.3 Å². The highest BCUT2D eigenvalue weighted by atomic mass is 16.2. The van der Waals surface area contributed by atoms with E-state index in [9.17, 15) is 4.79 Å². The van der Waals surface area contributed by atoms with Crippen molar-refractivity contribution in [2.75, 3.05) is 6.54 Å². The molecule has 1 aliphatic heterocycles. The molecule has 2 heteroatoms. The highest BCUT2D eigenvalue weighted by molar-refractivity contribution is 5.80. The Morgan fingerprint density at radius 2 is 2.07 bits per heavy atom. The van der Waals surface area contributed by atoms with Crippen LogP contribution in [-0.2, 0) is 11.3 Å². The lowest BCUT2D eigenvalue weighted by Crippen LogP contribution is -2.26. The average molecular weight is 203 g/mol. The second-order valence-corrected chi connectivity index (χ2v) is 4.14. The maximum atomic E-state index is 11.9. The first-order chi connectivity index (χ1) is 7.31. The molecule has 0 bridgehead atoms. The van der Waals surface area contributed by atoms with Crippen LogP contribution in [0.1, 0.15) is 25.3 Å². The van der Waals surface area contributed by atoms with Crippen LogP contribution in [0.2, 0.25) is 0 Å². The number of likely N-dealkylation sites (tertiary alicyclic amines) is 1. The second kappa shape index (κ2) is 4.47. The molecule has 2 rings (SSSR count). The smallest absolute Gasteiger partial charge is 0.226 e. The summed E-state index contributed by atoms with van der Waals surface area (Å²) >= 11 is 0. The normalized spacial score (nSPS) is 21.0. The number of hydrogen-bond donors (Lipinski definition) is 0. The Hall–Kier alpha value is -1.31. The lowest BCUT2D eigenvalue weighted by Gasteiger charge is -2.16. The van der Waals surface area contributed by atoms with Crippen LogP contribution in [0.25, 0.3) is 0 Å². The van der Waals surface area contributed by atoms with Crippen molar-refractivity contribution in [1.82, 2.24) is 4.90 Å². The Morgan fingerprint density at radius 1 is 1.33 bits per heavy atom. The first kappa shape index (κ1) is 10.2. The van der Waals surface area contributed by atoms with E-state index < -0.39 is 0 Å². The van der Waals surface area contributed by atoms with Crippen molar-refractivity contribution in [2.24, 2.45) is 5.92 Å². The van der Waals surface area contributed by atoms with E-state index in [4.69, 9.17) is 0 Å². The van der Waals surface area contributed by atoms with E-state index in [2.05, 4.69) is 19.1 Å². The van der Waals surface area contributed by atoms with Crippen LogP contribution in [0.3, 0.4) is 0 Å². The minimum absolute atomic E-state index is 0.272. The van der Waals surface area contributed by atoms with E-state index in [0.717, 1.165) is 25.9 Å². The largest absolute Gasteiger partial charge is 0.338 e. The second-order valence-electron chi connectivity index (χ2n) is 4.14. The Morgan fingerprint density at radius 3 is 2.67 bits per heavy atom. The van der Waals surface area contributed by atoms with Gasteiger partial charge in [-0.25, -0.2) is 0 Å². The van der Waals surface area contributed by atoms with Crippen LogP contribution in [0.4, 0.5) is 0 Å². The molecule has 0 radical (unpaired) electrons. The van der Waals surface area contributed by atoms with Gasteiger partial charge in [0.05, 0.1) is 0 Å². The molecule has 1 amide bonds. The minimum Gasteiger partial charge on any atom is -0.338 e. The highest BCUT2D eigenvalue weighted by Gasteiger charge is 2.29. The summed E-state index contributed by atoms with van der Waals surface area (Å²) in [4.78, 5) is 13.8. The Bertz CT molecular complexity index is 334. The molecule has 1 aliphatic rings. The third kappa shape index (κ3) is 2.20. The number of hydrogen-bond acceptors (Lipinski definition) is 1. The SMILES string of the molecule is CCC1CCN(Cc2ccccc2)C1=O. The first-order valence-electron chi connectivity index (χ1n) is 5.64. The predicted octanol–water partition coefficient (Wildman–Crippen LogP) is 2.45. The molecule has 80 valence electrons. The van der Waals surface area contributed by atoms with Gasteiger partial charge in [-0.05, 0) is 18.4 Å². The quantitative estimate of drug-likeness (QED) is 0.739. The summed E-state index contributed by atoms with van der Waals surface area (Å²) in [7, 11) is 0. The van der Waals surface area contributed by atoms with Crippen molar-refractivity contribution in [3.05, 3.63) is 35.9 Å². The van der Waals surface area contributed by atoms with Gasteiger partial charge in [-0.15, -0.1) is 0 Å². The van der Waals surface area contributed by atoms with Gasteiger partial charge >= 0.3 is 0 Å².